The van der Waals surface area contributed by atoms with E-state index in [0.29, 0.717) is 0 Å². The summed E-state index contributed by atoms with van der Waals surface area (Å²) in [5, 5.41) is 2.86. The molecule has 1 unspecified atom stereocenters. The molecule has 128 valence electrons. The van der Waals surface area contributed by atoms with Gasteiger partial charge in [-0.3, -0.25) is 4.98 Å². The van der Waals surface area contributed by atoms with Crippen LogP contribution in [0.1, 0.15) is 52.0 Å². The Morgan fingerprint density at radius 2 is 2.21 bits per heavy atom. The first kappa shape index (κ1) is 16.6. The summed E-state index contributed by atoms with van der Waals surface area (Å²) < 4.78 is 5.59. The number of carbonyl (C=O) groups is 1. The molecular formula is C19H25N3O2. The average molecular weight is 327 g/mol. The van der Waals surface area contributed by atoms with Gasteiger partial charge in [0.15, 0.2) is 0 Å². The van der Waals surface area contributed by atoms with Crippen LogP contribution in [-0.4, -0.2) is 27.7 Å². The van der Waals surface area contributed by atoms with Crippen molar-refractivity contribution in [2.45, 2.75) is 58.1 Å². The van der Waals surface area contributed by atoms with E-state index < -0.39 is 0 Å². The molecule has 2 aromatic rings. The molecule has 0 radical (unpaired) electrons. The Morgan fingerprint density at radius 1 is 1.38 bits per heavy atom. The predicted molar refractivity (Wildman–Crippen MR) is 95.7 cm³/mol. The van der Waals surface area contributed by atoms with E-state index in [2.05, 4.69) is 21.4 Å². The summed E-state index contributed by atoms with van der Waals surface area (Å²) in [4.78, 5) is 19.7. The second kappa shape index (κ2) is 6.67. The molecule has 2 heterocycles. The average Bonchev–Trinajstić information content (AvgIpc) is 2.79. The molecule has 0 fully saturated rings. The van der Waals surface area contributed by atoms with E-state index in [-0.39, 0.29) is 17.7 Å². The molecule has 24 heavy (non-hydrogen) atoms. The summed E-state index contributed by atoms with van der Waals surface area (Å²) in [7, 11) is 0. The van der Waals surface area contributed by atoms with Crippen LogP contribution in [0, 0.1) is 0 Å². The molecular weight excluding hydrogens is 302 g/mol. The lowest BCUT2D eigenvalue weighted by atomic mass is 10.0. The molecule has 2 N–H and O–H groups in total. The second-order valence-corrected chi connectivity index (χ2v) is 7.35. The van der Waals surface area contributed by atoms with Gasteiger partial charge in [-0.2, -0.15) is 0 Å². The molecule has 1 atom stereocenters. The van der Waals surface area contributed by atoms with E-state index in [4.69, 9.17) is 4.74 Å². The fraction of sp³-hybridized carbons (Fsp3) is 0.474. The molecule has 0 aromatic carbocycles. The van der Waals surface area contributed by atoms with E-state index in [1.54, 1.807) is 0 Å². The zero-order valence-electron chi connectivity index (χ0n) is 14.6. The fourth-order valence-electron chi connectivity index (χ4n) is 3.06. The normalized spacial score (nSPS) is 18.8. The van der Waals surface area contributed by atoms with Gasteiger partial charge in [0.25, 0.3) is 0 Å². The van der Waals surface area contributed by atoms with Crippen LogP contribution in [0.5, 0.6) is 0 Å². The Kier molecular flexibility index (Phi) is 4.60. The highest BCUT2D eigenvalue weighted by Gasteiger charge is 2.21. The van der Waals surface area contributed by atoms with Crippen molar-refractivity contribution in [1.29, 1.82) is 0 Å². The molecule has 5 nitrogen and oxygen atoms in total. The highest BCUT2D eigenvalue weighted by molar-refractivity contribution is 5.89. The summed E-state index contributed by atoms with van der Waals surface area (Å²) >= 11 is 0. The van der Waals surface area contributed by atoms with Crippen molar-refractivity contribution in [1.82, 2.24) is 15.3 Å². The Morgan fingerprint density at radius 3 is 3.00 bits per heavy atom. The zero-order chi connectivity index (χ0) is 17.2. The number of alkyl carbamates (subject to hydrolysis) is 1. The Bertz CT molecular complexity index is 755. The van der Waals surface area contributed by atoms with E-state index >= 15 is 0 Å². The first-order valence-electron chi connectivity index (χ1n) is 8.53. The van der Waals surface area contributed by atoms with Crippen LogP contribution in [0.3, 0.4) is 0 Å². The summed E-state index contributed by atoms with van der Waals surface area (Å²) in [5.41, 5.74) is 4.22. The molecule has 1 amide bonds. The number of nitrogens with one attached hydrogen (secondary N) is 2. The van der Waals surface area contributed by atoms with Gasteiger partial charge in [-0.05, 0) is 64.2 Å². The maximum absolute atomic E-state index is 12.0. The molecule has 0 saturated heterocycles. The van der Waals surface area contributed by atoms with Gasteiger partial charge < -0.3 is 15.0 Å². The summed E-state index contributed by atoms with van der Waals surface area (Å²) in [6.45, 7) is 5.85. The summed E-state index contributed by atoms with van der Waals surface area (Å²) in [6, 6.07) is 3.97. The molecule has 0 saturated carbocycles. The number of carbonyl (C=O) groups excluding carboxylic acids is 1. The van der Waals surface area contributed by atoms with Crippen LogP contribution >= 0.6 is 0 Å². The maximum Gasteiger partial charge on any atom is 0.407 e. The SMILES string of the molecule is CC(C)(C)NC(=O)OC1CCC=C(c2c[nH]c3cccnc23)CC1. The minimum absolute atomic E-state index is 0.0423. The van der Waals surface area contributed by atoms with Gasteiger partial charge in [0, 0.05) is 23.5 Å². The molecule has 0 spiro atoms. The van der Waals surface area contributed by atoms with Gasteiger partial charge in [-0.25, -0.2) is 4.79 Å². The van der Waals surface area contributed by atoms with Gasteiger partial charge >= 0.3 is 6.09 Å². The highest BCUT2D eigenvalue weighted by Crippen LogP contribution is 2.31. The van der Waals surface area contributed by atoms with Crippen LogP contribution in [0.25, 0.3) is 16.6 Å². The van der Waals surface area contributed by atoms with Gasteiger partial charge in [-0.15, -0.1) is 0 Å². The van der Waals surface area contributed by atoms with Crippen LogP contribution < -0.4 is 5.32 Å². The molecule has 1 aliphatic carbocycles. The minimum Gasteiger partial charge on any atom is -0.446 e. The van der Waals surface area contributed by atoms with Gasteiger partial charge in [0.1, 0.15) is 6.10 Å². The van der Waals surface area contributed by atoms with Crippen molar-refractivity contribution in [2.75, 3.05) is 0 Å². The lowest BCUT2D eigenvalue weighted by molar-refractivity contribution is 0.0839. The monoisotopic (exact) mass is 327 g/mol. The van der Waals surface area contributed by atoms with Gasteiger partial charge in [0.2, 0.25) is 0 Å². The number of aromatic amines is 1. The number of ether oxygens (including phenoxy) is 1. The third-order valence-corrected chi connectivity index (χ3v) is 4.15. The van der Waals surface area contributed by atoms with E-state index in [1.165, 1.54) is 5.57 Å². The maximum atomic E-state index is 12.0. The molecule has 2 aromatic heterocycles. The summed E-state index contributed by atoms with van der Waals surface area (Å²) in [6.07, 6.45) is 9.21. The van der Waals surface area contributed by atoms with Crippen molar-refractivity contribution in [2.24, 2.45) is 0 Å². The minimum atomic E-state index is -0.329. The molecule has 1 aliphatic rings. The standard InChI is InChI=1S/C19H25N3O2/c1-19(2,3)22-18(23)24-14-7-4-6-13(9-10-14)15-12-21-16-8-5-11-20-17(15)16/h5-6,8,11-12,14,21H,4,7,9-10H2,1-3H3,(H,22,23). The number of hydrogen-bond donors (Lipinski definition) is 2. The predicted octanol–water partition coefficient (Wildman–Crippen LogP) is 4.41. The smallest absolute Gasteiger partial charge is 0.407 e. The van der Waals surface area contributed by atoms with Crippen LogP contribution in [0.2, 0.25) is 0 Å². The first-order valence-corrected chi connectivity index (χ1v) is 8.53. The van der Waals surface area contributed by atoms with Crippen LogP contribution in [0.15, 0.2) is 30.6 Å². The van der Waals surface area contributed by atoms with Gasteiger partial charge in [-0.1, -0.05) is 6.08 Å². The number of aromatic nitrogens is 2. The number of nitrogens with zero attached hydrogens (tertiary/aromatic N) is 1. The third-order valence-electron chi connectivity index (χ3n) is 4.15. The zero-order valence-corrected chi connectivity index (χ0v) is 14.6. The molecule has 0 bridgehead atoms. The number of rotatable bonds is 2. The number of fused-ring (bicyclic) bond motifs is 1. The topological polar surface area (TPSA) is 67.0 Å². The van der Waals surface area contributed by atoms with Crippen molar-refractivity contribution in [3.63, 3.8) is 0 Å². The molecule has 3 rings (SSSR count). The van der Waals surface area contributed by atoms with E-state index in [9.17, 15) is 4.79 Å². The quantitative estimate of drug-likeness (QED) is 0.858. The number of hydrogen-bond acceptors (Lipinski definition) is 3. The van der Waals surface area contributed by atoms with Crippen molar-refractivity contribution in [3.8, 4) is 0 Å². The van der Waals surface area contributed by atoms with Gasteiger partial charge in [0.05, 0.1) is 11.0 Å². The van der Waals surface area contributed by atoms with Crippen LogP contribution in [-0.2, 0) is 4.74 Å². The number of allylic oxidation sites excluding steroid dienone is 2. The lowest BCUT2D eigenvalue weighted by Crippen LogP contribution is -2.42. The largest absolute Gasteiger partial charge is 0.446 e. The Hall–Kier alpha value is -2.30. The van der Waals surface area contributed by atoms with E-state index in [0.717, 1.165) is 42.3 Å². The van der Waals surface area contributed by atoms with Crippen molar-refractivity contribution >= 4 is 22.7 Å². The fourth-order valence-corrected chi connectivity index (χ4v) is 3.06. The summed E-state index contributed by atoms with van der Waals surface area (Å²) in [5.74, 6) is 0. The second-order valence-electron chi connectivity index (χ2n) is 7.35. The third kappa shape index (κ3) is 3.96. The highest BCUT2D eigenvalue weighted by atomic mass is 16.6. The van der Waals surface area contributed by atoms with Crippen LogP contribution in [0.4, 0.5) is 4.79 Å². The number of amides is 1. The van der Waals surface area contributed by atoms with Crippen molar-refractivity contribution < 1.29 is 9.53 Å². The molecule has 0 aliphatic heterocycles. The first-order chi connectivity index (χ1) is 11.4. The van der Waals surface area contributed by atoms with Crippen molar-refractivity contribution in [3.05, 3.63) is 36.2 Å². The molecule has 5 heteroatoms. The Labute approximate surface area is 142 Å². The van der Waals surface area contributed by atoms with E-state index in [1.807, 2.05) is 45.3 Å². The lowest BCUT2D eigenvalue weighted by Gasteiger charge is -2.23. The Balaban J connectivity index is 1.65. The number of H-pyrrole nitrogens is 1. The number of pyridine rings is 1.